The molecule has 2 N–H and O–H groups in total. The number of carboxylic acid groups (broad SMARTS) is 1. The molecular weight excluding hydrogens is 254 g/mol. The summed E-state index contributed by atoms with van der Waals surface area (Å²) in [5, 5.41) is 13.2. The van der Waals surface area contributed by atoms with Gasteiger partial charge in [-0.1, -0.05) is 19.8 Å². The zero-order valence-corrected chi connectivity index (χ0v) is 11.3. The molecule has 0 bridgehead atoms. The van der Waals surface area contributed by atoms with Crippen molar-refractivity contribution in [1.29, 1.82) is 0 Å². The van der Waals surface area contributed by atoms with Crippen molar-refractivity contribution in [3.8, 4) is 5.75 Å². The number of hydrogen-bond donors (Lipinski definition) is 2. The van der Waals surface area contributed by atoms with Crippen LogP contribution >= 0.6 is 11.3 Å². The molecule has 1 heterocycles. The fourth-order valence-electron chi connectivity index (χ4n) is 1.44. The molecule has 18 heavy (non-hydrogen) atoms. The predicted molar refractivity (Wildman–Crippen MR) is 69.3 cm³/mol. The Hall–Kier alpha value is -1.56. The van der Waals surface area contributed by atoms with Crippen molar-refractivity contribution < 1.29 is 19.4 Å². The molecule has 0 saturated heterocycles. The molecule has 1 rings (SSSR count). The van der Waals surface area contributed by atoms with E-state index in [1.807, 2.05) is 6.92 Å². The number of hydrogen-bond acceptors (Lipinski definition) is 4. The molecule has 0 spiro atoms. The topological polar surface area (TPSA) is 75.6 Å². The number of rotatable bonds is 7. The van der Waals surface area contributed by atoms with Gasteiger partial charge < -0.3 is 15.2 Å². The lowest BCUT2D eigenvalue weighted by Crippen LogP contribution is -2.40. The second-order valence-corrected chi connectivity index (χ2v) is 4.77. The van der Waals surface area contributed by atoms with Crippen molar-refractivity contribution >= 4 is 23.2 Å². The summed E-state index contributed by atoms with van der Waals surface area (Å²) >= 11 is 1.23. The van der Waals surface area contributed by atoms with Crippen LogP contribution < -0.4 is 10.1 Å². The number of amides is 1. The molecule has 1 aromatic heterocycles. The number of aliphatic carboxylic acids is 1. The van der Waals surface area contributed by atoms with Crippen LogP contribution in [-0.2, 0) is 4.79 Å². The lowest BCUT2D eigenvalue weighted by molar-refractivity contribution is -0.139. The Morgan fingerprint density at radius 2 is 2.28 bits per heavy atom. The molecule has 0 aliphatic rings. The summed E-state index contributed by atoms with van der Waals surface area (Å²) in [6, 6.07) is 0.768. The van der Waals surface area contributed by atoms with E-state index in [2.05, 4.69) is 5.32 Å². The van der Waals surface area contributed by atoms with E-state index in [1.165, 1.54) is 18.4 Å². The van der Waals surface area contributed by atoms with Gasteiger partial charge in [0.1, 0.15) is 11.8 Å². The maximum absolute atomic E-state index is 11.8. The largest absolute Gasteiger partial charge is 0.496 e. The van der Waals surface area contributed by atoms with E-state index in [4.69, 9.17) is 9.84 Å². The first-order valence-electron chi connectivity index (χ1n) is 5.74. The number of carbonyl (C=O) groups excluding carboxylic acids is 1. The van der Waals surface area contributed by atoms with Gasteiger partial charge in [0.2, 0.25) is 0 Å². The maximum Gasteiger partial charge on any atom is 0.326 e. The number of ether oxygens (including phenoxy) is 1. The van der Waals surface area contributed by atoms with Gasteiger partial charge in [-0.3, -0.25) is 4.79 Å². The minimum absolute atomic E-state index is 0.369. The standard InChI is InChI=1S/C12H17NO4S/c1-3-4-5-9(12(15)16)13-11(14)10-6-8(17-2)7-18-10/h6-7,9H,3-5H2,1-2H3,(H,13,14)(H,15,16). The highest BCUT2D eigenvalue weighted by Gasteiger charge is 2.20. The molecule has 1 aromatic rings. The van der Waals surface area contributed by atoms with Crippen LogP contribution in [-0.4, -0.2) is 30.1 Å². The van der Waals surface area contributed by atoms with Crippen molar-refractivity contribution in [1.82, 2.24) is 5.32 Å². The van der Waals surface area contributed by atoms with Crippen LogP contribution in [0.5, 0.6) is 5.75 Å². The second-order valence-electron chi connectivity index (χ2n) is 3.86. The molecule has 5 nitrogen and oxygen atoms in total. The molecule has 0 radical (unpaired) electrons. The van der Waals surface area contributed by atoms with Crippen LogP contribution in [0.3, 0.4) is 0 Å². The smallest absolute Gasteiger partial charge is 0.326 e. The average Bonchev–Trinajstić information content (AvgIpc) is 2.82. The molecule has 100 valence electrons. The number of methoxy groups -OCH3 is 1. The predicted octanol–water partition coefficient (Wildman–Crippen LogP) is 2.13. The van der Waals surface area contributed by atoms with Crippen molar-refractivity contribution in [3.63, 3.8) is 0 Å². The van der Waals surface area contributed by atoms with Gasteiger partial charge in [0.25, 0.3) is 5.91 Å². The van der Waals surface area contributed by atoms with Crippen molar-refractivity contribution in [2.24, 2.45) is 0 Å². The number of carboxylic acids is 1. The van der Waals surface area contributed by atoms with Crippen LogP contribution in [0.1, 0.15) is 35.9 Å². The van der Waals surface area contributed by atoms with Gasteiger partial charge in [0, 0.05) is 11.4 Å². The van der Waals surface area contributed by atoms with E-state index in [0.29, 0.717) is 17.0 Å². The Morgan fingerprint density at radius 3 is 2.78 bits per heavy atom. The SMILES string of the molecule is CCCCC(NC(=O)c1cc(OC)cs1)C(=O)O. The summed E-state index contributed by atoms with van der Waals surface area (Å²) in [5.41, 5.74) is 0. The molecule has 1 amide bonds. The van der Waals surface area contributed by atoms with Gasteiger partial charge in [-0.2, -0.15) is 0 Å². The summed E-state index contributed by atoms with van der Waals surface area (Å²) < 4.78 is 4.98. The van der Waals surface area contributed by atoms with Crippen LogP contribution in [0.25, 0.3) is 0 Å². The minimum atomic E-state index is -1.000. The van der Waals surface area contributed by atoms with Gasteiger partial charge in [-0.05, 0) is 6.42 Å². The molecule has 1 unspecified atom stereocenters. The average molecular weight is 271 g/mol. The van der Waals surface area contributed by atoms with Gasteiger partial charge in [0.05, 0.1) is 12.0 Å². The zero-order chi connectivity index (χ0) is 13.5. The van der Waals surface area contributed by atoms with Crippen molar-refractivity contribution in [3.05, 3.63) is 16.3 Å². The third-order valence-corrected chi connectivity index (χ3v) is 3.39. The summed E-state index contributed by atoms with van der Waals surface area (Å²) in [4.78, 5) is 23.3. The highest BCUT2D eigenvalue weighted by Crippen LogP contribution is 2.21. The van der Waals surface area contributed by atoms with Crippen LogP contribution in [0.2, 0.25) is 0 Å². The molecule has 0 aromatic carbocycles. The number of nitrogens with one attached hydrogen (secondary N) is 1. The number of carbonyl (C=O) groups is 2. The lowest BCUT2D eigenvalue weighted by atomic mass is 10.1. The van der Waals surface area contributed by atoms with Gasteiger partial charge in [-0.15, -0.1) is 11.3 Å². The molecule has 0 fully saturated rings. The zero-order valence-electron chi connectivity index (χ0n) is 10.4. The fraction of sp³-hybridized carbons (Fsp3) is 0.500. The lowest BCUT2D eigenvalue weighted by Gasteiger charge is -2.13. The first-order valence-corrected chi connectivity index (χ1v) is 6.62. The summed E-state index contributed by atoms with van der Waals surface area (Å²) in [5.74, 6) is -0.766. The maximum atomic E-state index is 11.8. The summed E-state index contributed by atoms with van der Waals surface area (Å²) in [7, 11) is 1.52. The first-order chi connectivity index (χ1) is 8.58. The molecular formula is C12H17NO4S. The summed E-state index contributed by atoms with van der Waals surface area (Å²) in [6.45, 7) is 1.98. The molecule has 0 aliphatic carbocycles. The number of unbranched alkanes of at least 4 members (excludes halogenated alkanes) is 1. The number of thiophene rings is 1. The van der Waals surface area contributed by atoms with E-state index in [0.717, 1.165) is 12.8 Å². The van der Waals surface area contributed by atoms with E-state index >= 15 is 0 Å². The Labute approximate surface area is 110 Å². The fourth-order valence-corrected chi connectivity index (χ4v) is 2.20. The van der Waals surface area contributed by atoms with E-state index in [-0.39, 0.29) is 5.91 Å². The third kappa shape index (κ3) is 4.03. The van der Waals surface area contributed by atoms with E-state index in [1.54, 1.807) is 11.4 Å². The Balaban J connectivity index is 2.62. The normalized spacial score (nSPS) is 11.9. The monoisotopic (exact) mass is 271 g/mol. The summed E-state index contributed by atoms with van der Waals surface area (Å²) in [6.07, 6.45) is 2.11. The van der Waals surface area contributed by atoms with Crippen LogP contribution in [0.4, 0.5) is 0 Å². The molecule has 0 aliphatic heterocycles. The van der Waals surface area contributed by atoms with E-state index < -0.39 is 12.0 Å². The van der Waals surface area contributed by atoms with Crippen LogP contribution in [0, 0.1) is 0 Å². The third-order valence-electron chi connectivity index (χ3n) is 2.48. The van der Waals surface area contributed by atoms with Gasteiger partial charge in [0.15, 0.2) is 0 Å². The Kier molecular flexibility index (Phi) is 5.64. The molecule has 0 saturated carbocycles. The second kappa shape index (κ2) is 7.00. The highest BCUT2D eigenvalue weighted by molar-refractivity contribution is 7.12. The van der Waals surface area contributed by atoms with Crippen molar-refractivity contribution in [2.75, 3.05) is 7.11 Å². The van der Waals surface area contributed by atoms with Gasteiger partial charge >= 0.3 is 5.97 Å². The van der Waals surface area contributed by atoms with Gasteiger partial charge in [-0.25, -0.2) is 4.79 Å². The Bertz CT molecular complexity index is 416. The van der Waals surface area contributed by atoms with E-state index in [9.17, 15) is 9.59 Å². The minimum Gasteiger partial charge on any atom is -0.496 e. The molecule has 6 heteroatoms. The first kappa shape index (κ1) is 14.5. The van der Waals surface area contributed by atoms with Crippen molar-refractivity contribution in [2.45, 2.75) is 32.2 Å². The molecule has 1 atom stereocenters. The highest BCUT2D eigenvalue weighted by atomic mass is 32.1. The Morgan fingerprint density at radius 1 is 1.56 bits per heavy atom. The quantitative estimate of drug-likeness (QED) is 0.796. The van der Waals surface area contributed by atoms with Crippen LogP contribution in [0.15, 0.2) is 11.4 Å².